The number of hydrogen-bond acceptors (Lipinski definition) is 6. The highest BCUT2D eigenvalue weighted by Crippen LogP contribution is 2.21. The van der Waals surface area contributed by atoms with E-state index >= 15 is 0 Å². The van der Waals surface area contributed by atoms with E-state index < -0.39 is 0 Å². The number of fused-ring (bicyclic) bond motifs is 1. The molecule has 1 saturated heterocycles. The molecule has 2 N–H and O–H groups in total. The lowest BCUT2D eigenvalue weighted by atomic mass is 10.0. The molecule has 0 saturated carbocycles. The second kappa shape index (κ2) is 7.53. The van der Waals surface area contributed by atoms with Gasteiger partial charge in [-0.2, -0.15) is 5.10 Å². The third-order valence-electron chi connectivity index (χ3n) is 4.82. The van der Waals surface area contributed by atoms with E-state index in [9.17, 15) is 9.59 Å². The number of piperidine rings is 1. The fraction of sp³-hybridized carbons (Fsp3) is 0.316. The van der Waals surface area contributed by atoms with Gasteiger partial charge in [0.05, 0.1) is 11.0 Å². The molecule has 4 rings (SSSR count). The van der Waals surface area contributed by atoms with Crippen molar-refractivity contribution >= 4 is 22.8 Å². The van der Waals surface area contributed by atoms with Crippen LogP contribution in [-0.4, -0.2) is 45.2 Å². The van der Waals surface area contributed by atoms with Gasteiger partial charge in [0.2, 0.25) is 0 Å². The van der Waals surface area contributed by atoms with E-state index in [1.807, 2.05) is 0 Å². The highest BCUT2D eigenvalue weighted by atomic mass is 16.1. The van der Waals surface area contributed by atoms with Crippen molar-refractivity contribution in [2.75, 3.05) is 18.0 Å². The predicted octanol–water partition coefficient (Wildman–Crippen LogP) is 1.50. The highest BCUT2D eigenvalue weighted by molar-refractivity contribution is 5.97. The molecule has 1 fully saturated rings. The molecule has 1 aromatic carbocycles. The SMILES string of the molecule is O=C(NCC1CCCCN1c1ccc(=O)[nH]n1)c1ccc2nccnc2c1. The Bertz CT molecular complexity index is 998. The number of amides is 1. The smallest absolute Gasteiger partial charge is 0.264 e. The van der Waals surface area contributed by atoms with E-state index in [1.165, 1.54) is 6.07 Å². The summed E-state index contributed by atoms with van der Waals surface area (Å²) in [6, 6.07) is 8.65. The van der Waals surface area contributed by atoms with E-state index in [-0.39, 0.29) is 17.5 Å². The topological polar surface area (TPSA) is 104 Å². The summed E-state index contributed by atoms with van der Waals surface area (Å²) in [6.45, 7) is 1.36. The number of carbonyl (C=O) groups excluding carboxylic acids is 1. The van der Waals surface area contributed by atoms with Gasteiger partial charge >= 0.3 is 0 Å². The van der Waals surface area contributed by atoms with E-state index in [2.05, 4.69) is 30.4 Å². The molecule has 1 unspecified atom stereocenters. The van der Waals surface area contributed by atoms with Crippen LogP contribution in [0.1, 0.15) is 29.6 Å². The molecule has 138 valence electrons. The van der Waals surface area contributed by atoms with Crippen molar-refractivity contribution in [1.82, 2.24) is 25.5 Å². The van der Waals surface area contributed by atoms with Crippen LogP contribution in [0.4, 0.5) is 5.82 Å². The van der Waals surface area contributed by atoms with Gasteiger partial charge < -0.3 is 10.2 Å². The predicted molar refractivity (Wildman–Crippen MR) is 102 cm³/mol. The molecule has 1 aliphatic heterocycles. The largest absolute Gasteiger partial charge is 0.350 e. The van der Waals surface area contributed by atoms with Crippen LogP contribution in [-0.2, 0) is 0 Å². The summed E-state index contributed by atoms with van der Waals surface area (Å²) in [5, 5.41) is 9.63. The summed E-state index contributed by atoms with van der Waals surface area (Å²) >= 11 is 0. The molecule has 27 heavy (non-hydrogen) atoms. The maximum atomic E-state index is 12.6. The fourth-order valence-electron chi connectivity index (χ4n) is 3.43. The van der Waals surface area contributed by atoms with Crippen molar-refractivity contribution < 1.29 is 4.79 Å². The molecule has 0 spiro atoms. The molecule has 8 heteroatoms. The van der Waals surface area contributed by atoms with Crippen molar-refractivity contribution in [1.29, 1.82) is 0 Å². The first kappa shape index (κ1) is 17.1. The molecule has 0 bridgehead atoms. The van der Waals surface area contributed by atoms with Crippen molar-refractivity contribution in [2.45, 2.75) is 25.3 Å². The van der Waals surface area contributed by atoms with E-state index in [0.29, 0.717) is 17.6 Å². The number of H-pyrrole nitrogens is 1. The molecule has 0 aliphatic carbocycles. The zero-order valence-electron chi connectivity index (χ0n) is 14.8. The van der Waals surface area contributed by atoms with Gasteiger partial charge in [0.15, 0.2) is 0 Å². The lowest BCUT2D eigenvalue weighted by molar-refractivity contribution is 0.0949. The van der Waals surface area contributed by atoms with Gasteiger partial charge in [-0.05, 0) is 43.5 Å². The Morgan fingerprint density at radius 3 is 2.81 bits per heavy atom. The molecule has 2 aromatic heterocycles. The highest BCUT2D eigenvalue weighted by Gasteiger charge is 2.24. The van der Waals surface area contributed by atoms with E-state index in [1.54, 1.807) is 36.7 Å². The first-order chi connectivity index (χ1) is 13.2. The summed E-state index contributed by atoms with van der Waals surface area (Å²) in [7, 11) is 0. The Labute approximate surface area is 155 Å². The second-order valence-electron chi connectivity index (χ2n) is 6.59. The van der Waals surface area contributed by atoms with Crippen LogP contribution in [0.2, 0.25) is 0 Å². The third kappa shape index (κ3) is 3.79. The molecule has 8 nitrogen and oxygen atoms in total. The van der Waals surface area contributed by atoms with E-state index in [4.69, 9.17) is 0 Å². The maximum absolute atomic E-state index is 12.6. The first-order valence-electron chi connectivity index (χ1n) is 9.02. The average molecular weight is 364 g/mol. The summed E-state index contributed by atoms with van der Waals surface area (Å²) in [5.41, 5.74) is 1.80. The summed E-state index contributed by atoms with van der Waals surface area (Å²) in [5.74, 6) is 0.594. The normalized spacial score (nSPS) is 17.0. The van der Waals surface area contributed by atoms with Gasteiger partial charge in [0, 0.05) is 43.2 Å². The molecular formula is C19H20N6O2. The minimum absolute atomic E-state index is 0.137. The van der Waals surface area contributed by atoms with Crippen molar-refractivity contribution in [3.63, 3.8) is 0 Å². The van der Waals surface area contributed by atoms with Gasteiger partial charge in [0.1, 0.15) is 5.82 Å². The average Bonchev–Trinajstić information content (AvgIpc) is 2.72. The molecule has 0 radical (unpaired) electrons. The van der Waals surface area contributed by atoms with Crippen LogP contribution in [0.3, 0.4) is 0 Å². The second-order valence-corrected chi connectivity index (χ2v) is 6.59. The standard InChI is InChI=1S/C19H20N6O2/c26-18-7-6-17(23-24-18)25-10-2-1-3-14(25)12-22-19(27)13-4-5-15-16(11-13)21-9-8-20-15/h4-9,11,14H,1-3,10,12H2,(H,22,27)(H,24,26). The lowest BCUT2D eigenvalue weighted by Gasteiger charge is -2.36. The summed E-state index contributed by atoms with van der Waals surface area (Å²) in [4.78, 5) is 34.4. The van der Waals surface area contributed by atoms with Gasteiger partial charge in [-0.25, -0.2) is 5.10 Å². The number of nitrogens with one attached hydrogen (secondary N) is 2. The Balaban J connectivity index is 1.46. The molecule has 3 heterocycles. The lowest BCUT2D eigenvalue weighted by Crippen LogP contribution is -2.47. The third-order valence-corrected chi connectivity index (χ3v) is 4.82. The number of aromatic nitrogens is 4. The Morgan fingerprint density at radius 1 is 1.15 bits per heavy atom. The van der Waals surface area contributed by atoms with Crippen LogP contribution >= 0.6 is 0 Å². The fourth-order valence-corrected chi connectivity index (χ4v) is 3.43. The number of benzene rings is 1. The van der Waals surface area contributed by atoms with Crippen LogP contribution in [0.5, 0.6) is 0 Å². The van der Waals surface area contributed by atoms with Gasteiger partial charge in [-0.3, -0.25) is 19.6 Å². The number of nitrogens with zero attached hydrogens (tertiary/aromatic N) is 4. The number of anilines is 1. The van der Waals surface area contributed by atoms with Crippen LogP contribution in [0.25, 0.3) is 11.0 Å². The molecule has 1 atom stereocenters. The Hall–Kier alpha value is -3.29. The van der Waals surface area contributed by atoms with Gasteiger partial charge in [-0.1, -0.05) is 0 Å². The zero-order chi connectivity index (χ0) is 18.6. The van der Waals surface area contributed by atoms with Crippen molar-refractivity contribution in [3.05, 3.63) is 58.6 Å². The van der Waals surface area contributed by atoms with E-state index in [0.717, 1.165) is 37.1 Å². The summed E-state index contributed by atoms with van der Waals surface area (Å²) < 4.78 is 0. The quantitative estimate of drug-likeness (QED) is 0.727. The van der Waals surface area contributed by atoms with Gasteiger partial charge in [-0.15, -0.1) is 0 Å². The Kier molecular flexibility index (Phi) is 4.78. The maximum Gasteiger partial charge on any atom is 0.264 e. The van der Waals surface area contributed by atoms with Crippen molar-refractivity contribution in [2.24, 2.45) is 0 Å². The zero-order valence-corrected chi connectivity index (χ0v) is 14.8. The first-order valence-corrected chi connectivity index (χ1v) is 9.02. The minimum Gasteiger partial charge on any atom is -0.350 e. The number of aromatic amines is 1. The molecule has 1 amide bonds. The molecule has 1 aliphatic rings. The van der Waals surface area contributed by atoms with Crippen LogP contribution in [0, 0.1) is 0 Å². The Morgan fingerprint density at radius 2 is 2.00 bits per heavy atom. The summed E-state index contributed by atoms with van der Waals surface area (Å²) in [6.07, 6.45) is 6.37. The molecular weight excluding hydrogens is 344 g/mol. The van der Waals surface area contributed by atoms with Crippen molar-refractivity contribution in [3.8, 4) is 0 Å². The monoisotopic (exact) mass is 364 g/mol. The molecule has 3 aromatic rings. The van der Waals surface area contributed by atoms with Crippen LogP contribution in [0.15, 0.2) is 47.5 Å². The minimum atomic E-state index is -0.222. The van der Waals surface area contributed by atoms with Crippen LogP contribution < -0.4 is 15.8 Å². The number of hydrogen-bond donors (Lipinski definition) is 2. The number of carbonyl (C=O) groups is 1. The number of rotatable bonds is 4. The van der Waals surface area contributed by atoms with Gasteiger partial charge in [0.25, 0.3) is 11.5 Å².